The Hall–Kier alpha value is -3.72. The zero-order chi connectivity index (χ0) is 22.0. The smallest absolute Gasteiger partial charge is 0.413 e. The van der Waals surface area contributed by atoms with Crippen molar-refractivity contribution in [2.75, 3.05) is 11.9 Å². The fourth-order valence-corrected chi connectivity index (χ4v) is 4.17. The summed E-state index contributed by atoms with van der Waals surface area (Å²) in [7, 11) is 0. The molecular formula is C22H19N3O5S. The van der Waals surface area contributed by atoms with E-state index in [0.29, 0.717) is 0 Å². The molecule has 1 heterocycles. The van der Waals surface area contributed by atoms with Crippen molar-refractivity contribution in [1.82, 2.24) is 10.3 Å². The number of aliphatic carboxylic acids is 1. The summed E-state index contributed by atoms with van der Waals surface area (Å²) in [6.45, 7) is 1.51. The number of carboxylic acid groups (broad SMARTS) is 1. The molecule has 4 rings (SSSR count). The SMILES string of the molecule is C[C@@H](NC(=O)c1csc(NC(=O)OCC2c3ccccc3-c3ccccc32)n1)C(=O)O. The summed E-state index contributed by atoms with van der Waals surface area (Å²) in [5, 5.41) is 15.3. The molecule has 3 N–H and O–H groups in total. The predicted molar refractivity (Wildman–Crippen MR) is 115 cm³/mol. The van der Waals surface area contributed by atoms with E-state index >= 15 is 0 Å². The van der Waals surface area contributed by atoms with Crippen LogP contribution in [0.1, 0.15) is 34.5 Å². The molecule has 1 aliphatic carbocycles. The van der Waals surface area contributed by atoms with Crippen molar-refractivity contribution in [1.29, 1.82) is 0 Å². The van der Waals surface area contributed by atoms with Gasteiger partial charge in [-0.05, 0) is 29.2 Å². The third-order valence-electron chi connectivity index (χ3n) is 5.01. The summed E-state index contributed by atoms with van der Waals surface area (Å²) < 4.78 is 5.45. The average molecular weight is 437 g/mol. The van der Waals surface area contributed by atoms with E-state index in [-0.39, 0.29) is 23.4 Å². The summed E-state index contributed by atoms with van der Waals surface area (Å²) in [5.74, 6) is -1.85. The number of carbonyl (C=O) groups excluding carboxylic acids is 2. The molecule has 1 aliphatic rings. The highest BCUT2D eigenvalue weighted by molar-refractivity contribution is 7.14. The van der Waals surface area contributed by atoms with Crippen molar-refractivity contribution in [2.45, 2.75) is 18.9 Å². The normalized spacial score (nSPS) is 13.1. The first-order valence-electron chi connectivity index (χ1n) is 9.55. The number of thiazole rings is 1. The van der Waals surface area contributed by atoms with Gasteiger partial charge in [-0.25, -0.2) is 9.78 Å². The second-order valence-corrected chi connectivity index (χ2v) is 7.88. The van der Waals surface area contributed by atoms with Gasteiger partial charge in [0.25, 0.3) is 5.91 Å². The minimum atomic E-state index is -1.15. The summed E-state index contributed by atoms with van der Waals surface area (Å²) >= 11 is 1.05. The van der Waals surface area contributed by atoms with Gasteiger partial charge in [-0.3, -0.25) is 14.9 Å². The molecule has 8 nitrogen and oxygen atoms in total. The Bertz CT molecular complexity index is 1110. The lowest BCUT2D eigenvalue weighted by atomic mass is 9.98. The maximum absolute atomic E-state index is 12.3. The van der Waals surface area contributed by atoms with Crippen molar-refractivity contribution in [3.8, 4) is 11.1 Å². The molecule has 0 bridgehead atoms. The topological polar surface area (TPSA) is 118 Å². The number of nitrogens with zero attached hydrogens (tertiary/aromatic N) is 1. The Balaban J connectivity index is 1.38. The third-order valence-corrected chi connectivity index (χ3v) is 5.77. The van der Waals surface area contributed by atoms with E-state index in [1.165, 1.54) is 12.3 Å². The Kier molecular flexibility index (Phi) is 5.68. The minimum Gasteiger partial charge on any atom is -0.480 e. The number of carbonyl (C=O) groups is 3. The number of fused-ring (bicyclic) bond motifs is 3. The van der Waals surface area contributed by atoms with Gasteiger partial charge in [-0.2, -0.15) is 0 Å². The maximum Gasteiger partial charge on any atom is 0.413 e. The van der Waals surface area contributed by atoms with Crippen LogP contribution in [0.5, 0.6) is 0 Å². The van der Waals surface area contributed by atoms with Gasteiger partial charge < -0.3 is 15.2 Å². The molecule has 0 aliphatic heterocycles. The molecule has 2 amide bonds. The van der Waals surface area contributed by atoms with Crippen LogP contribution in [0.25, 0.3) is 11.1 Å². The van der Waals surface area contributed by atoms with E-state index in [1.54, 1.807) is 0 Å². The van der Waals surface area contributed by atoms with Crippen molar-refractivity contribution in [3.63, 3.8) is 0 Å². The summed E-state index contributed by atoms with van der Waals surface area (Å²) in [6.07, 6.45) is -0.679. The lowest BCUT2D eigenvalue weighted by Gasteiger charge is -2.14. The van der Waals surface area contributed by atoms with Crippen LogP contribution in [0.15, 0.2) is 53.9 Å². The van der Waals surface area contributed by atoms with Gasteiger partial charge in [0.1, 0.15) is 18.3 Å². The highest BCUT2D eigenvalue weighted by Gasteiger charge is 2.29. The first kappa shape index (κ1) is 20.5. The monoisotopic (exact) mass is 437 g/mol. The highest BCUT2D eigenvalue weighted by atomic mass is 32.1. The van der Waals surface area contributed by atoms with Gasteiger partial charge >= 0.3 is 12.1 Å². The van der Waals surface area contributed by atoms with Crippen LogP contribution in [0, 0.1) is 0 Å². The molecule has 0 unspecified atom stereocenters. The number of amides is 2. The molecule has 1 atom stereocenters. The molecule has 31 heavy (non-hydrogen) atoms. The van der Waals surface area contributed by atoms with Crippen molar-refractivity contribution in [2.24, 2.45) is 0 Å². The number of hydrogen-bond donors (Lipinski definition) is 3. The number of rotatable bonds is 6. The molecular weight excluding hydrogens is 418 g/mol. The molecule has 0 spiro atoms. The fraction of sp³-hybridized carbons (Fsp3) is 0.182. The molecule has 0 radical (unpaired) electrons. The number of ether oxygens (including phenoxy) is 1. The number of aromatic nitrogens is 1. The van der Waals surface area contributed by atoms with Gasteiger partial charge in [0.2, 0.25) is 0 Å². The number of anilines is 1. The van der Waals surface area contributed by atoms with E-state index in [9.17, 15) is 14.4 Å². The third kappa shape index (κ3) is 4.26. The molecule has 0 saturated heterocycles. The number of benzene rings is 2. The van der Waals surface area contributed by atoms with E-state index in [1.807, 2.05) is 36.4 Å². The van der Waals surface area contributed by atoms with Crippen molar-refractivity contribution in [3.05, 3.63) is 70.7 Å². The van der Waals surface area contributed by atoms with Gasteiger partial charge in [0.15, 0.2) is 5.13 Å². The first-order chi connectivity index (χ1) is 14.9. The zero-order valence-electron chi connectivity index (χ0n) is 16.5. The highest BCUT2D eigenvalue weighted by Crippen LogP contribution is 2.44. The van der Waals surface area contributed by atoms with E-state index in [4.69, 9.17) is 9.84 Å². The van der Waals surface area contributed by atoms with Gasteiger partial charge in [-0.1, -0.05) is 48.5 Å². The Morgan fingerprint density at radius 1 is 1.10 bits per heavy atom. The largest absolute Gasteiger partial charge is 0.480 e. The van der Waals surface area contributed by atoms with Crippen LogP contribution in [0.4, 0.5) is 9.93 Å². The Morgan fingerprint density at radius 3 is 2.32 bits per heavy atom. The van der Waals surface area contributed by atoms with Crippen LogP contribution >= 0.6 is 11.3 Å². The number of hydrogen-bond acceptors (Lipinski definition) is 6. The average Bonchev–Trinajstić information content (AvgIpc) is 3.35. The molecule has 2 aromatic carbocycles. The molecule has 1 aromatic heterocycles. The summed E-state index contributed by atoms with van der Waals surface area (Å²) in [6, 6.07) is 15.0. The lowest BCUT2D eigenvalue weighted by Crippen LogP contribution is -2.38. The lowest BCUT2D eigenvalue weighted by molar-refractivity contribution is -0.138. The maximum atomic E-state index is 12.3. The molecule has 3 aromatic rings. The van der Waals surface area contributed by atoms with Crippen molar-refractivity contribution < 1.29 is 24.2 Å². The number of nitrogens with one attached hydrogen (secondary N) is 2. The van der Waals surface area contributed by atoms with Crippen LogP contribution in [-0.2, 0) is 9.53 Å². The van der Waals surface area contributed by atoms with E-state index in [0.717, 1.165) is 33.6 Å². The van der Waals surface area contributed by atoms with Crippen LogP contribution in [0.3, 0.4) is 0 Å². The molecule has 0 fully saturated rings. The molecule has 0 saturated carbocycles. The summed E-state index contributed by atoms with van der Waals surface area (Å²) in [4.78, 5) is 39.2. The number of carboxylic acids is 1. The van der Waals surface area contributed by atoms with Gasteiger partial charge in [-0.15, -0.1) is 11.3 Å². The van der Waals surface area contributed by atoms with Crippen LogP contribution in [0.2, 0.25) is 0 Å². The summed E-state index contributed by atoms with van der Waals surface area (Å²) in [5.41, 5.74) is 4.51. The standard InChI is InChI=1S/C22H19N3O5S/c1-12(20(27)28)23-19(26)18-11-31-21(24-18)25-22(29)30-10-17-15-8-4-2-6-13(15)14-7-3-5-9-16(14)17/h2-9,11-12,17H,10H2,1H3,(H,23,26)(H,27,28)(H,24,25,29)/t12-/m1/s1. The second-order valence-electron chi connectivity index (χ2n) is 7.02. The molecule has 9 heteroatoms. The Labute approximate surface area is 181 Å². The fourth-order valence-electron chi connectivity index (χ4n) is 3.49. The first-order valence-corrected chi connectivity index (χ1v) is 10.4. The predicted octanol–water partition coefficient (Wildman–Crippen LogP) is 3.71. The van der Waals surface area contributed by atoms with Gasteiger partial charge in [0.05, 0.1) is 0 Å². The minimum absolute atomic E-state index is 0.0204. The van der Waals surface area contributed by atoms with Crippen molar-refractivity contribution >= 4 is 34.4 Å². The second kappa shape index (κ2) is 8.57. The zero-order valence-corrected chi connectivity index (χ0v) is 17.3. The van der Waals surface area contributed by atoms with Gasteiger partial charge in [0, 0.05) is 11.3 Å². The Morgan fingerprint density at radius 2 is 1.71 bits per heavy atom. The van der Waals surface area contributed by atoms with Crippen LogP contribution in [-0.4, -0.2) is 40.7 Å². The van der Waals surface area contributed by atoms with E-state index < -0.39 is 24.0 Å². The van der Waals surface area contributed by atoms with Crippen LogP contribution < -0.4 is 10.6 Å². The quantitative estimate of drug-likeness (QED) is 0.541. The van der Waals surface area contributed by atoms with E-state index in [2.05, 4.69) is 27.8 Å². The molecule has 158 valence electrons.